The van der Waals surface area contributed by atoms with Gasteiger partial charge in [0.2, 0.25) is 0 Å². The molecule has 4 heterocycles. The molecule has 2 aliphatic heterocycles. The van der Waals surface area contributed by atoms with Crippen molar-refractivity contribution in [3.8, 4) is 0 Å². The van der Waals surface area contributed by atoms with Crippen molar-refractivity contribution in [2.75, 3.05) is 18.1 Å². The monoisotopic (exact) mass is 415 g/mol. The number of nitrogens with zero attached hydrogens (tertiary/aromatic N) is 5. The average molecular weight is 415 g/mol. The zero-order valence-electron chi connectivity index (χ0n) is 17.8. The molecule has 3 aromatic rings. The van der Waals surface area contributed by atoms with Crippen molar-refractivity contribution >= 4 is 11.6 Å². The molecule has 1 saturated carbocycles. The van der Waals surface area contributed by atoms with E-state index in [0.717, 1.165) is 40.4 Å². The molecule has 1 aliphatic carbocycles. The maximum absolute atomic E-state index is 13.3. The van der Waals surface area contributed by atoms with E-state index in [9.17, 15) is 4.79 Å². The summed E-state index contributed by atoms with van der Waals surface area (Å²) in [6.07, 6.45) is 4.84. The molecule has 0 N–H and O–H groups in total. The summed E-state index contributed by atoms with van der Waals surface area (Å²) in [6.45, 7) is 3.87. The van der Waals surface area contributed by atoms with E-state index in [4.69, 9.17) is 9.72 Å². The zero-order chi connectivity index (χ0) is 21.2. The summed E-state index contributed by atoms with van der Waals surface area (Å²) in [4.78, 5) is 20.0. The number of anilines is 1. The van der Waals surface area contributed by atoms with E-state index >= 15 is 0 Å². The van der Waals surface area contributed by atoms with Gasteiger partial charge in [-0.25, -0.2) is 0 Å². The Hall–Kier alpha value is -3.06. The van der Waals surface area contributed by atoms with E-state index in [1.165, 1.54) is 18.4 Å². The maximum atomic E-state index is 13.3. The number of carbonyl (C=O) groups is 1. The number of amides is 1. The van der Waals surface area contributed by atoms with Crippen LogP contribution in [0.4, 0.5) is 5.69 Å². The fourth-order valence-electron chi connectivity index (χ4n) is 4.85. The third-order valence-corrected chi connectivity index (χ3v) is 6.87. The summed E-state index contributed by atoms with van der Waals surface area (Å²) in [5.74, 6) is 1.54. The van der Waals surface area contributed by atoms with Crippen LogP contribution in [0.3, 0.4) is 0 Å². The fraction of sp³-hybridized carbons (Fsp3) is 0.417. The van der Waals surface area contributed by atoms with Crippen molar-refractivity contribution in [1.82, 2.24) is 19.7 Å². The molecule has 2 fully saturated rings. The average Bonchev–Trinajstić information content (AvgIpc) is 3.43. The molecule has 6 rings (SSSR count). The molecule has 7 nitrogen and oxygen atoms in total. The van der Waals surface area contributed by atoms with Crippen molar-refractivity contribution in [2.24, 2.45) is 7.05 Å². The Morgan fingerprint density at radius 3 is 2.74 bits per heavy atom. The quantitative estimate of drug-likeness (QED) is 0.640. The minimum absolute atomic E-state index is 0.0757. The highest BCUT2D eigenvalue weighted by atomic mass is 16.5. The van der Waals surface area contributed by atoms with Crippen LogP contribution in [0.5, 0.6) is 0 Å². The molecule has 3 aliphatic rings. The molecule has 0 unspecified atom stereocenters. The minimum atomic E-state index is -0.135. The first-order chi connectivity index (χ1) is 15.0. The maximum Gasteiger partial charge on any atom is 0.259 e. The van der Waals surface area contributed by atoms with Crippen molar-refractivity contribution in [1.29, 1.82) is 0 Å². The van der Waals surface area contributed by atoms with Crippen molar-refractivity contribution in [2.45, 2.75) is 44.1 Å². The highest BCUT2D eigenvalue weighted by Crippen LogP contribution is 2.44. The number of fused-ring (bicyclic) bond motifs is 1. The lowest BCUT2D eigenvalue weighted by Gasteiger charge is -2.42. The second-order valence-corrected chi connectivity index (χ2v) is 9.20. The van der Waals surface area contributed by atoms with Gasteiger partial charge in [-0.2, -0.15) is 0 Å². The van der Waals surface area contributed by atoms with Crippen molar-refractivity contribution < 1.29 is 9.53 Å². The predicted octanol–water partition coefficient (Wildman–Crippen LogP) is 3.07. The SMILES string of the molecule is Cc1cc2c(c(C3CC3)n1)CN(c1cccc(C3(Cc4nncn4C)COC3)c1)C2=O. The third-order valence-electron chi connectivity index (χ3n) is 6.87. The van der Waals surface area contributed by atoms with Crippen LogP contribution in [0.15, 0.2) is 36.7 Å². The van der Waals surface area contributed by atoms with E-state index in [2.05, 4.69) is 22.3 Å². The van der Waals surface area contributed by atoms with Gasteiger partial charge in [-0.05, 0) is 43.5 Å². The Kier molecular flexibility index (Phi) is 4.05. The van der Waals surface area contributed by atoms with Crippen LogP contribution in [0.2, 0.25) is 0 Å². The van der Waals surface area contributed by atoms with Crippen LogP contribution in [-0.2, 0) is 30.2 Å². The van der Waals surface area contributed by atoms with Gasteiger partial charge in [-0.1, -0.05) is 12.1 Å². The van der Waals surface area contributed by atoms with Crippen LogP contribution < -0.4 is 4.90 Å². The first-order valence-corrected chi connectivity index (χ1v) is 10.9. The van der Waals surface area contributed by atoms with Gasteiger partial charge in [0.15, 0.2) is 0 Å². The van der Waals surface area contributed by atoms with Gasteiger partial charge in [0.1, 0.15) is 12.2 Å². The van der Waals surface area contributed by atoms with Crippen LogP contribution >= 0.6 is 0 Å². The second kappa shape index (κ2) is 6.72. The molecular weight excluding hydrogens is 390 g/mol. The molecule has 1 aromatic carbocycles. The summed E-state index contributed by atoms with van der Waals surface area (Å²) in [7, 11) is 1.96. The number of aromatic nitrogens is 4. The number of rotatable bonds is 5. The molecule has 7 heteroatoms. The van der Waals surface area contributed by atoms with Gasteiger partial charge in [-0.15, -0.1) is 10.2 Å². The van der Waals surface area contributed by atoms with Gasteiger partial charge in [0.25, 0.3) is 5.91 Å². The molecule has 0 spiro atoms. The van der Waals surface area contributed by atoms with E-state index in [1.54, 1.807) is 6.33 Å². The van der Waals surface area contributed by atoms with Crippen LogP contribution in [-0.4, -0.2) is 38.9 Å². The van der Waals surface area contributed by atoms with Crippen LogP contribution in [0, 0.1) is 6.92 Å². The summed E-state index contributed by atoms with van der Waals surface area (Å²) in [6, 6.07) is 10.3. The van der Waals surface area contributed by atoms with Gasteiger partial charge < -0.3 is 14.2 Å². The minimum Gasteiger partial charge on any atom is -0.379 e. The predicted molar refractivity (Wildman–Crippen MR) is 115 cm³/mol. The lowest BCUT2D eigenvalue weighted by atomic mass is 9.75. The fourth-order valence-corrected chi connectivity index (χ4v) is 4.85. The van der Waals surface area contributed by atoms with Gasteiger partial charge in [-0.3, -0.25) is 9.78 Å². The van der Waals surface area contributed by atoms with Crippen LogP contribution in [0.1, 0.15) is 57.5 Å². The summed E-state index contributed by atoms with van der Waals surface area (Å²) in [5, 5.41) is 8.29. The normalized spacial score (nSPS) is 19.4. The largest absolute Gasteiger partial charge is 0.379 e. The number of hydrogen-bond acceptors (Lipinski definition) is 5. The molecule has 1 saturated heterocycles. The Balaban J connectivity index is 1.34. The number of hydrogen-bond donors (Lipinski definition) is 0. The standard InChI is InChI=1S/C24H25N5O2/c1-15-8-19-20(22(26-15)16-6-7-16)11-29(23(19)30)18-5-3-4-17(9-18)24(12-31-13-24)10-21-27-25-14-28(21)2/h3-5,8-9,14,16H,6-7,10-13H2,1-2H3. The number of aryl methyl sites for hydroxylation is 2. The Labute approximate surface area is 181 Å². The highest BCUT2D eigenvalue weighted by Gasteiger charge is 2.42. The second-order valence-electron chi connectivity index (χ2n) is 9.20. The zero-order valence-corrected chi connectivity index (χ0v) is 17.8. The number of benzene rings is 1. The van der Waals surface area contributed by atoms with E-state index in [-0.39, 0.29) is 11.3 Å². The smallest absolute Gasteiger partial charge is 0.259 e. The topological polar surface area (TPSA) is 73.1 Å². The van der Waals surface area contributed by atoms with Gasteiger partial charge in [0.05, 0.1) is 19.8 Å². The lowest BCUT2D eigenvalue weighted by Crippen LogP contribution is -2.49. The number of ether oxygens (including phenoxy) is 1. The van der Waals surface area contributed by atoms with Gasteiger partial charge in [0, 0.05) is 53.0 Å². The lowest BCUT2D eigenvalue weighted by molar-refractivity contribution is -0.0611. The summed E-state index contributed by atoms with van der Waals surface area (Å²) in [5.41, 5.74) is 5.97. The molecular formula is C24H25N5O2. The molecule has 1 amide bonds. The summed E-state index contributed by atoms with van der Waals surface area (Å²) >= 11 is 0. The van der Waals surface area contributed by atoms with E-state index in [0.29, 0.717) is 25.7 Å². The molecule has 31 heavy (non-hydrogen) atoms. The molecule has 158 valence electrons. The highest BCUT2D eigenvalue weighted by molar-refractivity contribution is 6.10. The van der Waals surface area contributed by atoms with Crippen LogP contribution in [0.25, 0.3) is 0 Å². The third kappa shape index (κ3) is 2.98. The molecule has 0 bridgehead atoms. The first-order valence-electron chi connectivity index (χ1n) is 10.9. The Bertz CT molecular complexity index is 1190. The van der Waals surface area contributed by atoms with E-state index < -0.39 is 0 Å². The Morgan fingerprint density at radius 2 is 2.06 bits per heavy atom. The molecule has 2 aromatic heterocycles. The van der Waals surface area contributed by atoms with Gasteiger partial charge >= 0.3 is 0 Å². The van der Waals surface area contributed by atoms with Crippen molar-refractivity contribution in [3.63, 3.8) is 0 Å². The number of carbonyl (C=O) groups excluding carboxylic acids is 1. The van der Waals surface area contributed by atoms with E-state index in [1.807, 2.05) is 41.6 Å². The van der Waals surface area contributed by atoms with Crippen molar-refractivity contribution in [3.05, 3.63) is 70.6 Å². The molecule has 0 radical (unpaired) electrons. The summed E-state index contributed by atoms with van der Waals surface area (Å²) < 4.78 is 7.59. The Morgan fingerprint density at radius 1 is 1.23 bits per heavy atom. The first kappa shape index (κ1) is 18.7. The molecule has 0 atom stereocenters. The number of pyridine rings is 1.